The molecule has 0 radical (unpaired) electrons. The van der Waals surface area contributed by atoms with Gasteiger partial charge in [-0.05, 0) is 68.4 Å². The van der Waals surface area contributed by atoms with Gasteiger partial charge in [0.05, 0.1) is 22.8 Å². The molecule has 144 valence electrons. The van der Waals surface area contributed by atoms with Gasteiger partial charge in [0.2, 0.25) is 0 Å². The van der Waals surface area contributed by atoms with Crippen molar-refractivity contribution in [1.82, 2.24) is 5.16 Å². The van der Waals surface area contributed by atoms with Crippen LogP contribution in [0.3, 0.4) is 0 Å². The van der Waals surface area contributed by atoms with E-state index in [-0.39, 0.29) is 0 Å². The van der Waals surface area contributed by atoms with Gasteiger partial charge in [-0.3, -0.25) is 0 Å². The third-order valence-corrected chi connectivity index (χ3v) is 7.26. The fourth-order valence-electron chi connectivity index (χ4n) is 5.28. The van der Waals surface area contributed by atoms with E-state index in [0.29, 0.717) is 40.5 Å². The lowest BCUT2D eigenvalue weighted by molar-refractivity contribution is -0.0393. The van der Waals surface area contributed by atoms with Crippen molar-refractivity contribution in [1.29, 1.82) is 0 Å². The minimum Gasteiger partial charge on any atom is -0.373 e. The number of rotatable bonds is 5. The summed E-state index contributed by atoms with van der Waals surface area (Å²) in [6.45, 7) is 2.92. The smallest absolute Gasteiger partial charge is 0.145 e. The molecule has 3 nitrogen and oxygen atoms in total. The molecule has 1 aromatic carbocycles. The molecule has 5 rings (SSSR count). The first-order valence-electron chi connectivity index (χ1n) is 10.2. The average Bonchev–Trinajstić information content (AvgIpc) is 3.34. The van der Waals surface area contributed by atoms with Crippen LogP contribution in [0.2, 0.25) is 10.0 Å². The Bertz CT molecular complexity index is 811. The molecule has 2 bridgehead atoms. The molecule has 1 aromatic heterocycles. The van der Waals surface area contributed by atoms with Gasteiger partial charge in [-0.25, -0.2) is 0 Å². The Kier molecular flexibility index (Phi) is 4.74. The van der Waals surface area contributed by atoms with Crippen LogP contribution in [-0.4, -0.2) is 11.3 Å². The summed E-state index contributed by atoms with van der Waals surface area (Å²) in [5.41, 5.74) is 2.56. The lowest BCUT2D eigenvalue weighted by Gasteiger charge is -2.33. The highest BCUT2D eigenvalue weighted by molar-refractivity contribution is 6.39. The molecule has 0 spiro atoms. The van der Waals surface area contributed by atoms with E-state index in [2.05, 4.69) is 12.1 Å². The van der Waals surface area contributed by atoms with Crippen molar-refractivity contribution in [3.63, 3.8) is 0 Å². The number of nitrogens with zero attached hydrogens (tertiary/aromatic N) is 1. The molecule has 1 heterocycles. The van der Waals surface area contributed by atoms with Crippen molar-refractivity contribution in [3.8, 4) is 11.3 Å². The van der Waals surface area contributed by atoms with Crippen LogP contribution in [0.1, 0.15) is 62.7 Å². The molecule has 3 fully saturated rings. The standard InChI is InChI=1S/C22H25Cl2NO2/c1-12-9-14-7-8-15(10-12)21(14)26-11-16-20(25-27-22(16)13-5-6-13)19-17(23)3-2-4-18(19)24/h2-4,12-15,21H,5-11H2,1H3/t12-,14-,15+,21?. The number of halogens is 2. The van der Waals surface area contributed by atoms with Crippen molar-refractivity contribution in [3.05, 3.63) is 39.6 Å². The van der Waals surface area contributed by atoms with Crippen molar-refractivity contribution < 1.29 is 9.26 Å². The summed E-state index contributed by atoms with van der Waals surface area (Å²) in [6.07, 6.45) is 7.89. The molecule has 5 heteroatoms. The molecule has 3 aliphatic rings. The van der Waals surface area contributed by atoms with Crippen LogP contribution in [0.25, 0.3) is 11.3 Å². The van der Waals surface area contributed by atoms with E-state index in [4.69, 9.17) is 32.5 Å². The van der Waals surface area contributed by atoms with Crippen molar-refractivity contribution >= 4 is 23.2 Å². The Balaban J connectivity index is 1.44. The fraction of sp³-hybridized carbons (Fsp3) is 0.591. The number of ether oxygens (including phenoxy) is 1. The number of hydrogen-bond donors (Lipinski definition) is 0. The molecule has 0 amide bonds. The molecule has 1 unspecified atom stereocenters. The minimum atomic E-state index is 0.373. The molecular weight excluding hydrogens is 381 g/mol. The molecule has 0 N–H and O–H groups in total. The van der Waals surface area contributed by atoms with Gasteiger partial charge in [0.1, 0.15) is 11.5 Å². The van der Waals surface area contributed by atoms with Gasteiger partial charge in [-0.2, -0.15) is 0 Å². The third-order valence-electron chi connectivity index (χ3n) is 6.63. The summed E-state index contributed by atoms with van der Waals surface area (Å²) >= 11 is 12.9. The second-order valence-electron chi connectivity index (χ2n) is 8.69. The number of hydrogen-bond acceptors (Lipinski definition) is 3. The van der Waals surface area contributed by atoms with Gasteiger partial charge in [0.25, 0.3) is 0 Å². The zero-order chi connectivity index (χ0) is 18.5. The summed E-state index contributed by atoms with van der Waals surface area (Å²) < 4.78 is 12.3. The van der Waals surface area contributed by atoms with Crippen LogP contribution in [0.5, 0.6) is 0 Å². The highest BCUT2D eigenvalue weighted by Gasteiger charge is 2.43. The lowest BCUT2D eigenvalue weighted by atomic mass is 9.80. The molecular formula is C22H25Cl2NO2. The van der Waals surface area contributed by atoms with Crippen LogP contribution in [0.4, 0.5) is 0 Å². The van der Waals surface area contributed by atoms with E-state index in [9.17, 15) is 0 Å². The van der Waals surface area contributed by atoms with Gasteiger partial charge < -0.3 is 9.26 Å². The maximum absolute atomic E-state index is 6.54. The maximum atomic E-state index is 6.54. The zero-order valence-corrected chi connectivity index (χ0v) is 17.1. The molecule has 2 aromatic rings. The number of fused-ring (bicyclic) bond motifs is 2. The quantitative estimate of drug-likeness (QED) is 0.544. The first kappa shape index (κ1) is 18.0. The van der Waals surface area contributed by atoms with Crippen LogP contribution in [0.15, 0.2) is 22.7 Å². The highest BCUT2D eigenvalue weighted by atomic mass is 35.5. The third kappa shape index (κ3) is 3.32. The summed E-state index contributed by atoms with van der Waals surface area (Å²) in [5.74, 6) is 3.68. The van der Waals surface area contributed by atoms with Gasteiger partial charge in [0, 0.05) is 17.0 Å². The highest BCUT2D eigenvalue weighted by Crippen LogP contribution is 2.49. The van der Waals surface area contributed by atoms with Crippen LogP contribution in [-0.2, 0) is 11.3 Å². The van der Waals surface area contributed by atoms with Crippen molar-refractivity contribution in [2.45, 2.75) is 64.1 Å². The van der Waals surface area contributed by atoms with E-state index in [1.165, 1.54) is 25.7 Å². The van der Waals surface area contributed by atoms with Gasteiger partial charge in [0.15, 0.2) is 0 Å². The van der Waals surface area contributed by atoms with E-state index < -0.39 is 0 Å². The molecule has 4 atom stereocenters. The average molecular weight is 406 g/mol. The summed E-state index contributed by atoms with van der Waals surface area (Å²) in [4.78, 5) is 0. The maximum Gasteiger partial charge on any atom is 0.145 e. The summed E-state index contributed by atoms with van der Waals surface area (Å²) in [7, 11) is 0. The SMILES string of the molecule is C[C@@H]1C[C@H]2CC[C@@H](C1)C2OCc1c(-c2c(Cl)cccc2Cl)noc1C1CC1. The van der Waals surface area contributed by atoms with Gasteiger partial charge >= 0.3 is 0 Å². The van der Waals surface area contributed by atoms with Crippen LogP contribution < -0.4 is 0 Å². The fourth-order valence-corrected chi connectivity index (χ4v) is 5.85. The molecule has 27 heavy (non-hydrogen) atoms. The summed E-state index contributed by atoms with van der Waals surface area (Å²) in [5, 5.41) is 5.58. The van der Waals surface area contributed by atoms with Gasteiger partial charge in [-0.1, -0.05) is 41.3 Å². The predicted octanol–water partition coefficient (Wildman–Crippen LogP) is 6.87. The summed E-state index contributed by atoms with van der Waals surface area (Å²) in [6, 6.07) is 5.55. The Morgan fingerprint density at radius 2 is 1.74 bits per heavy atom. The second-order valence-corrected chi connectivity index (χ2v) is 9.51. The Labute approximate surface area is 170 Å². The first-order valence-corrected chi connectivity index (χ1v) is 10.9. The Hall–Kier alpha value is -1.03. The first-order chi connectivity index (χ1) is 13.1. The topological polar surface area (TPSA) is 35.3 Å². The van der Waals surface area contributed by atoms with Gasteiger partial charge in [-0.15, -0.1) is 0 Å². The zero-order valence-electron chi connectivity index (χ0n) is 15.6. The number of benzene rings is 1. The molecule has 3 aliphatic carbocycles. The monoisotopic (exact) mass is 405 g/mol. The lowest BCUT2D eigenvalue weighted by Crippen LogP contribution is -2.32. The molecule has 3 saturated carbocycles. The molecule has 0 aliphatic heterocycles. The minimum absolute atomic E-state index is 0.373. The van der Waals surface area contributed by atoms with Crippen LogP contribution >= 0.6 is 23.2 Å². The second kappa shape index (κ2) is 7.09. The number of aromatic nitrogens is 1. The predicted molar refractivity (Wildman–Crippen MR) is 107 cm³/mol. The van der Waals surface area contributed by atoms with E-state index >= 15 is 0 Å². The van der Waals surface area contributed by atoms with Crippen LogP contribution in [0, 0.1) is 17.8 Å². The largest absolute Gasteiger partial charge is 0.373 e. The van der Waals surface area contributed by atoms with Crippen molar-refractivity contribution in [2.75, 3.05) is 0 Å². The van der Waals surface area contributed by atoms with E-state index in [1.54, 1.807) is 0 Å². The van der Waals surface area contributed by atoms with E-state index in [1.807, 2.05) is 18.2 Å². The Morgan fingerprint density at radius 3 is 2.37 bits per heavy atom. The Morgan fingerprint density at radius 1 is 1.07 bits per heavy atom. The molecule has 0 saturated heterocycles. The van der Waals surface area contributed by atoms with Crippen molar-refractivity contribution in [2.24, 2.45) is 17.8 Å². The normalized spacial score (nSPS) is 30.0. The van der Waals surface area contributed by atoms with E-state index in [0.717, 1.165) is 41.3 Å².